The maximum Gasteiger partial charge on any atom is 0.268 e. The van der Waals surface area contributed by atoms with Gasteiger partial charge in [-0.1, -0.05) is 23.2 Å². The van der Waals surface area contributed by atoms with Gasteiger partial charge in [0.25, 0.3) is 5.91 Å². The molecule has 1 aromatic heterocycles. The number of nitrogens with zero attached hydrogens (tertiary/aromatic N) is 1. The second kappa shape index (κ2) is 7.94. The third-order valence-corrected chi connectivity index (χ3v) is 4.24. The Labute approximate surface area is 121 Å². The third-order valence-electron chi connectivity index (χ3n) is 2.33. The van der Waals surface area contributed by atoms with Gasteiger partial charge >= 0.3 is 0 Å². The molecule has 0 saturated heterocycles. The van der Waals surface area contributed by atoms with Crippen LogP contribution in [0.1, 0.15) is 16.9 Å². The van der Waals surface area contributed by atoms with Crippen LogP contribution in [-0.2, 0) is 7.05 Å². The molecule has 0 fully saturated rings. The van der Waals surface area contributed by atoms with Crippen molar-refractivity contribution in [1.29, 1.82) is 0 Å². The number of carbonyl (C=O) groups is 1. The number of aliphatic hydroxyl groups excluding tert-OH is 1. The van der Waals surface area contributed by atoms with E-state index < -0.39 is 0 Å². The van der Waals surface area contributed by atoms with Gasteiger partial charge in [0.05, 0.1) is 5.02 Å². The minimum Gasteiger partial charge on any atom is -0.396 e. The fourth-order valence-corrected chi connectivity index (χ4v) is 2.52. The normalized spacial score (nSPS) is 10.7. The van der Waals surface area contributed by atoms with E-state index in [1.54, 1.807) is 29.4 Å². The molecular weight excluding hydrogens is 295 g/mol. The smallest absolute Gasteiger partial charge is 0.268 e. The molecule has 0 radical (unpaired) electrons. The summed E-state index contributed by atoms with van der Waals surface area (Å²) in [6, 6.07) is 1.55. The molecule has 0 bridgehead atoms. The van der Waals surface area contributed by atoms with Crippen molar-refractivity contribution in [3.8, 4) is 0 Å². The highest BCUT2D eigenvalue weighted by atomic mass is 35.5. The Morgan fingerprint density at radius 1 is 1.50 bits per heavy atom. The van der Waals surface area contributed by atoms with Gasteiger partial charge in [0.15, 0.2) is 0 Å². The second-order valence-electron chi connectivity index (χ2n) is 3.67. The van der Waals surface area contributed by atoms with Gasteiger partial charge in [-0.05, 0) is 18.2 Å². The molecule has 1 heterocycles. The predicted molar refractivity (Wildman–Crippen MR) is 76.8 cm³/mol. The van der Waals surface area contributed by atoms with Gasteiger partial charge in [-0.15, -0.1) is 0 Å². The van der Waals surface area contributed by atoms with E-state index >= 15 is 0 Å². The molecule has 0 atom stereocenters. The summed E-state index contributed by atoms with van der Waals surface area (Å²) in [5.41, 5.74) is 0.449. The van der Waals surface area contributed by atoms with Gasteiger partial charge in [-0.3, -0.25) is 4.79 Å². The molecule has 0 unspecified atom stereocenters. The zero-order valence-electron chi connectivity index (χ0n) is 10.1. The van der Waals surface area contributed by atoms with Gasteiger partial charge in [-0.2, -0.15) is 11.8 Å². The van der Waals surface area contributed by atoms with E-state index in [0.29, 0.717) is 22.4 Å². The maximum atomic E-state index is 11.8. The number of hydrogen-bond donors (Lipinski definition) is 2. The van der Waals surface area contributed by atoms with Crippen molar-refractivity contribution in [1.82, 2.24) is 9.88 Å². The summed E-state index contributed by atoms with van der Waals surface area (Å²) in [5.74, 6) is 1.53. The quantitative estimate of drug-likeness (QED) is 0.759. The Kier molecular flexibility index (Phi) is 6.92. The van der Waals surface area contributed by atoms with Crippen LogP contribution in [-0.4, -0.2) is 40.2 Å². The van der Waals surface area contributed by atoms with Crippen molar-refractivity contribution in [3.05, 3.63) is 21.9 Å². The lowest BCUT2D eigenvalue weighted by Gasteiger charge is -2.06. The largest absolute Gasteiger partial charge is 0.396 e. The van der Waals surface area contributed by atoms with Gasteiger partial charge in [0.2, 0.25) is 0 Å². The van der Waals surface area contributed by atoms with E-state index in [-0.39, 0.29) is 12.5 Å². The number of rotatable bonds is 7. The molecule has 1 amide bonds. The summed E-state index contributed by atoms with van der Waals surface area (Å²) in [6.45, 7) is 0.787. The van der Waals surface area contributed by atoms with E-state index in [0.717, 1.165) is 17.9 Å². The maximum absolute atomic E-state index is 11.8. The van der Waals surface area contributed by atoms with Crippen LogP contribution in [0, 0.1) is 0 Å². The fraction of sp³-hybridized carbons (Fsp3) is 0.545. The van der Waals surface area contributed by atoms with E-state index in [4.69, 9.17) is 28.3 Å². The van der Waals surface area contributed by atoms with Crippen LogP contribution in [0.25, 0.3) is 0 Å². The SMILES string of the molecule is Cn1c(C(=O)NCCSCCCO)cc(Cl)c1Cl. The van der Waals surface area contributed by atoms with Crippen LogP contribution in [0.3, 0.4) is 0 Å². The van der Waals surface area contributed by atoms with E-state index in [1.807, 2.05) is 0 Å². The molecule has 18 heavy (non-hydrogen) atoms. The van der Waals surface area contributed by atoms with Gasteiger partial charge < -0.3 is 15.0 Å². The summed E-state index contributed by atoms with van der Waals surface area (Å²) >= 11 is 13.4. The molecule has 0 saturated carbocycles. The number of nitrogens with one attached hydrogen (secondary N) is 1. The molecule has 0 spiro atoms. The number of halogens is 2. The van der Waals surface area contributed by atoms with Gasteiger partial charge in [0.1, 0.15) is 10.8 Å². The molecular formula is C11H16Cl2N2O2S. The van der Waals surface area contributed by atoms with E-state index in [1.165, 1.54) is 0 Å². The number of hydrogen-bond acceptors (Lipinski definition) is 3. The first-order valence-electron chi connectivity index (χ1n) is 5.55. The lowest BCUT2D eigenvalue weighted by atomic mass is 10.4. The van der Waals surface area contributed by atoms with Crippen LogP contribution in [0.15, 0.2) is 6.07 Å². The van der Waals surface area contributed by atoms with Crippen LogP contribution < -0.4 is 5.32 Å². The minimum atomic E-state index is -0.186. The number of amides is 1. The summed E-state index contributed by atoms with van der Waals surface area (Å²) in [4.78, 5) is 11.8. The van der Waals surface area contributed by atoms with Crippen LogP contribution in [0.5, 0.6) is 0 Å². The second-order valence-corrected chi connectivity index (χ2v) is 5.66. The van der Waals surface area contributed by atoms with E-state index in [2.05, 4.69) is 5.32 Å². The van der Waals surface area contributed by atoms with E-state index in [9.17, 15) is 4.79 Å². The Bertz CT molecular complexity index is 410. The Morgan fingerprint density at radius 3 is 2.78 bits per heavy atom. The highest BCUT2D eigenvalue weighted by molar-refractivity contribution is 7.99. The lowest BCUT2D eigenvalue weighted by Crippen LogP contribution is -2.27. The van der Waals surface area contributed by atoms with Crippen molar-refractivity contribution in [2.24, 2.45) is 7.05 Å². The summed E-state index contributed by atoms with van der Waals surface area (Å²) in [6.07, 6.45) is 0.779. The van der Waals surface area contributed by atoms with Crippen molar-refractivity contribution in [2.75, 3.05) is 24.7 Å². The molecule has 7 heteroatoms. The molecule has 0 aromatic carbocycles. The molecule has 0 aliphatic rings. The molecule has 4 nitrogen and oxygen atoms in total. The lowest BCUT2D eigenvalue weighted by molar-refractivity contribution is 0.0948. The molecule has 1 rings (SSSR count). The van der Waals surface area contributed by atoms with Crippen LogP contribution >= 0.6 is 35.0 Å². The standard InChI is InChI=1S/C11H16Cl2N2O2S/c1-15-9(7-8(12)10(15)13)11(17)14-3-6-18-5-2-4-16/h7,16H,2-6H2,1H3,(H,14,17). The number of aromatic nitrogens is 1. The predicted octanol–water partition coefficient (Wildman–Crippen LogP) is 2.18. The fourth-order valence-electron chi connectivity index (χ4n) is 1.36. The molecule has 102 valence electrons. The number of thioether (sulfide) groups is 1. The summed E-state index contributed by atoms with van der Waals surface area (Å²) < 4.78 is 1.55. The Hall–Kier alpha value is -0.360. The highest BCUT2D eigenvalue weighted by Gasteiger charge is 2.14. The van der Waals surface area contributed by atoms with Crippen molar-refractivity contribution < 1.29 is 9.90 Å². The highest BCUT2D eigenvalue weighted by Crippen LogP contribution is 2.24. The summed E-state index contributed by atoms with van der Waals surface area (Å²) in [7, 11) is 1.69. The summed E-state index contributed by atoms with van der Waals surface area (Å²) in [5, 5.41) is 12.1. The minimum absolute atomic E-state index is 0.186. The first-order valence-corrected chi connectivity index (χ1v) is 7.46. The van der Waals surface area contributed by atoms with Crippen molar-refractivity contribution in [2.45, 2.75) is 6.42 Å². The van der Waals surface area contributed by atoms with Crippen molar-refractivity contribution >= 4 is 40.9 Å². The zero-order chi connectivity index (χ0) is 13.5. The molecule has 0 aliphatic carbocycles. The monoisotopic (exact) mass is 310 g/mol. The topological polar surface area (TPSA) is 54.3 Å². The zero-order valence-corrected chi connectivity index (χ0v) is 12.4. The average molecular weight is 311 g/mol. The molecule has 1 aromatic rings. The Morgan fingerprint density at radius 2 is 2.22 bits per heavy atom. The van der Waals surface area contributed by atoms with Gasteiger partial charge in [0, 0.05) is 26.0 Å². The number of carbonyl (C=O) groups excluding carboxylic acids is 1. The van der Waals surface area contributed by atoms with Crippen LogP contribution in [0.2, 0.25) is 10.2 Å². The first-order chi connectivity index (χ1) is 8.57. The van der Waals surface area contributed by atoms with Crippen LogP contribution in [0.4, 0.5) is 0 Å². The third kappa shape index (κ3) is 4.39. The Balaban J connectivity index is 2.34. The molecule has 0 aliphatic heterocycles. The first kappa shape index (κ1) is 15.7. The number of aliphatic hydroxyl groups is 1. The van der Waals surface area contributed by atoms with Gasteiger partial charge in [-0.25, -0.2) is 0 Å². The van der Waals surface area contributed by atoms with Crippen molar-refractivity contribution in [3.63, 3.8) is 0 Å². The molecule has 2 N–H and O–H groups in total. The average Bonchev–Trinajstić information content (AvgIpc) is 2.61.